The van der Waals surface area contributed by atoms with E-state index >= 15 is 0 Å². The van der Waals surface area contributed by atoms with Gasteiger partial charge < -0.3 is 4.90 Å². The van der Waals surface area contributed by atoms with Gasteiger partial charge in [0.05, 0.1) is 4.90 Å². The second-order valence-corrected chi connectivity index (χ2v) is 9.60. The van der Waals surface area contributed by atoms with E-state index in [1.807, 2.05) is 36.9 Å². The molecule has 0 saturated heterocycles. The summed E-state index contributed by atoms with van der Waals surface area (Å²) in [5.74, 6) is 0.353. The number of anilines is 1. The van der Waals surface area contributed by atoms with Crippen molar-refractivity contribution in [2.45, 2.75) is 51.0 Å². The molecule has 1 aliphatic rings. The molecule has 2 aromatic rings. The van der Waals surface area contributed by atoms with Gasteiger partial charge in [0.2, 0.25) is 15.9 Å². The van der Waals surface area contributed by atoms with Crippen LogP contribution < -0.4 is 9.62 Å². The van der Waals surface area contributed by atoms with Gasteiger partial charge in [-0.3, -0.25) is 4.79 Å². The standard InChI is InChI=1S/C22H28N2O3S/c1-16(2)15-23-28(26,27)20-11-8-18(9-12-20)10-13-22(25)24-17(3)14-19-6-4-5-7-21(19)24/h4-9,11-12,16-17,23H,10,13-15H2,1-3H3. The molecule has 0 aromatic heterocycles. The maximum Gasteiger partial charge on any atom is 0.240 e. The van der Waals surface area contributed by atoms with Crippen LogP contribution in [0.4, 0.5) is 5.69 Å². The van der Waals surface area contributed by atoms with Crippen LogP contribution in [0.3, 0.4) is 0 Å². The molecule has 1 aliphatic heterocycles. The van der Waals surface area contributed by atoms with Crippen molar-refractivity contribution in [3.8, 4) is 0 Å². The SMILES string of the molecule is CC(C)CNS(=O)(=O)c1ccc(CCC(=O)N2c3ccccc3CC2C)cc1. The molecule has 0 bridgehead atoms. The maximum atomic E-state index is 12.8. The van der Waals surface area contributed by atoms with Gasteiger partial charge in [-0.15, -0.1) is 0 Å². The van der Waals surface area contributed by atoms with Gasteiger partial charge in [0, 0.05) is 24.7 Å². The number of aryl methyl sites for hydroxylation is 1. The molecular formula is C22H28N2O3S. The first-order valence-electron chi connectivity index (χ1n) is 9.76. The summed E-state index contributed by atoms with van der Waals surface area (Å²) in [7, 11) is -3.48. The number of fused-ring (bicyclic) bond motifs is 1. The highest BCUT2D eigenvalue weighted by Gasteiger charge is 2.30. The Balaban J connectivity index is 1.62. The molecular weight excluding hydrogens is 372 g/mol. The number of hydrogen-bond donors (Lipinski definition) is 1. The maximum absolute atomic E-state index is 12.8. The lowest BCUT2D eigenvalue weighted by Gasteiger charge is -2.22. The monoisotopic (exact) mass is 400 g/mol. The average Bonchev–Trinajstić information content (AvgIpc) is 3.00. The molecule has 2 aromatic carbocycles. The van der Waals surface area contributed by atoms with Crippen LogP contribution in [0.25, 0.3) is 0 Å². The van der Waals surface area contributed by atoms with Crippen molar-refractivity contribution < 1.29 is 13.2 Å². The van der Waals surface area contributed by atoms with Crippen molar-refractivity contribution in [3.63, 3.8) is 0 Å². The van der Waals surface area contributed by atoms with Crippen molar-refractivity contribution in [2.24, 2.45) is 5.92 Å². The lowest BCUT2D eigenvalue weighted by molar-refractivity contribution is -0.118. The lowest BCUT2D eigenvalue weighted by atomic mass is 10.1. The Hall–Kier alpha value is -2.18. The Morgan fingerprint density at radius 2 is 1.82 bits per heavy atom. The zero-order valence-corrected chi connectivity index (χ0v) is 17.5. The van der Waals surface area contributed by atoms with E-state index in [1.54, 1.807) is 24.3 Å². The fourth-order valence-corrected chi connectivity index (χ4v) is 4.73. The van der Waals surface area contributed by atoms with Crippen molar-refractivity contribution in [2.75, 3.05) is 11.4 Å². The highest BCUT2D eigenvalue weighted by atomic mass is 32.2. The van der Waals surface area contributed by atoms with E-state index in [1.165, 1.54) is 5.56 Å². The quantitative estimate of drug-likeness (QED) is 0.773. The van der Waals surface area contributed by atoms with Gasteiger partial charge in [0.15, 0.2) is 0 Å². The normalized spacial score (nSPS) is 16.4. The fraction of sp³-hybridized carbons (Fsp3) is 0.409. The number of carbonyl (C=O) groups is 1. The molecule has 0 spiro atoms. The van der Waals surface area contributed by atoms with E-state index < -0.39 is 10.0 Å². The predicted octanol–water partition coefficient (Wildman–Crippen LogP) is 3.53. The first-order valence-corrected chi connectivity index (χ1v) is 11.2. The Labute approximate surface area is 167 Å². The lowest BCUT2D eigenvalue weighted by Crippen LogP contribution is -2.35. The van der Waals surface area contributed by atoms with Crippen LogP contribution in [0.15, 0.2) is 53.4 Å². The van der Waals surface area contributed by atoms with E-state index in [0.717, 1.165) is 17.7 Å². The number of hydrogen-bond acceptors (Lipinski definition) is 3. The summed E-state index contributed by atoms with van der Waals surface area (Å²) in [5, 5.41) is 0. The number of para-hydroxylation sites is 1. The molecule has 0 saturated carbocycles. The minimum absolute atomic E-state index is 0.104. The van der Waals surface area contributed by atoms with Crippen LogP contribution in [-0.2, 0) is 27.7 Å². The smallest absolute Gasteiger partial charge is 0.240 e. The highest BCUT2D eigenvalue weighted by Crippen LogP contribution is 2.32. The first-order chi connectivity index (χ1) is 13.3. The van der Waals surface area contributed by atoms with E-state index in [0.29, 0.717) is 19.4 Å². The first kappa shape index (κ1) is 20.6. The topological polar surface area (TPSA) is 66.5 Å². The molecule has 1 N–H and O–H groups in total. The van der Waals surface area contributed by atoms with Crippen LogP contribution >= 0.6 is 0 Å². The van der Waals surface area contributed by atoms with Crippen molar-refractivity contribution in [1.82, 2.24) is 4.72 Å². The third-order valence-electron chi connectivity index (χ3n) is 5.02. The number of sulfonamides is 1. The third kappa shape index (κ3) is 4.62. The fourth-order valence-electron chi connectivity index (χ4n) is 3.51. The molecule has 0 aliphatic carbocycles. The number of amides is 1. The minimum Gasteiger partial charge on any atom is -0.309 e. The summed E-state index contributed by atoms with van der Waals surface area (Å²) < 4.78 is 27.1. The summed E-state index contributed by atoms with van der Waals surface area (Å²) in [4.78, 5) is 14.9. The van der Waals surface area contributed by atoms with Gasteiger partial charge in [0.25, 0.3) is 0 Å². The minimum atomic E-state index is -3.48. The zero-order chi connectivity index (χ0) is 20.3. The molecule has 0 fully saturated rings. The average molecular weight is 401 g/mol. The highest BCUT2D eigenvalue weighted by molar-refractivity contribution is 7.89. The van der Waals surface area contributed by atoms with Crippen LogP contribution in [-0.4, -0.2) is 26.9 Å². The van der Waals surface area contributed by atoms with Gasteiger partial charge in [-0.1, -0.05) is 44.2 Å². The number of nitrogens with one attached hydrogen (secondary N) is 1. The largest absolute Gasteiger partial charge is 0.309 e. The van der Waals surface area contributed by atoms with Gasteiger partial charge >= 0.3 is 0 Å². The molecule has 1 unspecified atom stereocenters. The van der Waals surface area contributed by atoms with Crippen molar-refractivity contribution >= 4 is 21.6 Å². The van der Waals surface area contributed by atoms with E-state index in [9.17, 15) is 13.2 Å². The molecule has 28 heavy (non-hydrogen) atoms. The second kappa shape index (κ2) is 8.45. The Bertz CT molecular complexity index is 937. The molecule has 1 heterocycles. The Morgan fingerprint density at radius 1 is 1.14 bits per heavy atom. The molecule has 1 amide bonds. The molecule has 5 nitrogen and oxygen atoms in total. The number of carbonyl (C=O) groups excluding carboxylic acids is 1. The van der Waals surface area contributed by atoms with Crippen LogP contribution in [0.5, 0.6) is 0 Å². The molecule has 150 valence electrons. The summed E-state index contributed by atoms with van der Waals surface area (Å²) >= 11 is 0. The molecule has 6 heteroatoms. The van der Waals surface area contributed by atoms with Crippen LogP contribution in [0.1, 0.15) is 38.3 Å². The number of rotatable bonds is 7. The molecule has 3 rings (SSSR count). The van der Waals surface area contributed by atoms with E-state index in [2.05, 4.69) is 17.7 Å². The Morgan fingerprint density at radius 3 is 2.50 bits per heavy atom. The summed E-state index contributed by atoms with van der Waals surface area (Å²) in [5.41, 5.74) is 3.18. The van der Waals surface area contributed by atoms with Gasteiger partial charge in [0.1, 0.15) is 0 Å². The van der Waals surface area contributed by atoms with Crippen LogP contribution in [0.2, 0.25) is 0 Å². The summed E-state index contributed by atoms with van der Waals surface area (Å²) in [6.07, 6.45) is 1.87. The van der Waals surface area contributed by atoms with Gasteiger partial charge in [-0.25, -0.2) is 13.1 Å². The second-order valence-electron chi connectivity index (χ2n) is 7.84. The summed E-state index contributed by atoms with van der Waals surface area (Å²) in [6.45, 7) is 6.40. The number of benzene rings is 2. The molecule has 0 radical (unpaired) electrons. The van der Waals surface area contributed by atoms with Crippen molar-refractivity contribution in [1.29, 1.82) is 0 Å². The van der Waals surface area contributed by atoms with E-state index in [-0.39, 0.29) is 22.8 Å². The Kier molecular flexibility index (Phi) is 6.20. The third-order valence-corrected chi connectivity index (χ3v) is 6.46. The summed E-state index contributed by atoms with van der Waals surface area (Å²) in [6, 6.07) is 15.0. The molecule has 1 atom stereocenters. The zero-order valence-electron chi connectivity index (χ0n) is 16.7. The van der Waals surface area contributed by atoms with Gasteiger partial charge in [-0.2, -0.15) is 0 Å². The van der Waals surface area contributed by atoms with Gasteiger partial charge in [-0.05, 0) is 55.0 Å². The van der Waals surface area contributed by atoms with Crippen molar-refractivity contribution in [3.05, 3.63) is 59.7 Å². The van der Waals surface area contributed by atoms with Crippen LogP contribution in [0, 0.1) is 5.92 Å². The predicted molar refractivity (Wildman–Crippen MR) is 112 cm³/mol. The van der Waals surface area contributed by atoms with E-state index in [4.69, 9.17) is 0 Å². The number of nitrogens with zero attached hydrogens (tertiary/aromatic N) is 1.